The average Bonchev–Trinajstić information content (AvgIpc) is 2.77. The highest BCUT2D eigenvalue weighted by molar-refractivity contribution is 7.91. The smallest absolute Gasteiger partial charge is 0.305 e. The highest BCUT2D eigenvalue weighted by atomic mass is 32.2. The van der Waals surface area contributed by atoms with Crippen molar-refractivity contribution in [2.24, 2.45) is 0 Å². The zero-order valence-electron chi connectivity index (χ0n) is 11.1. The van der Waals surface area contributed by atoms with E-state index in [1.807, 2.05) is 0 Å². The highest BCUT2D eigenvalue weighted by Crippen LogP contribution is 2.32. The Hall–Kier alpha value is -0.660. The Labute approximate surface area is 113 Å². The first-order valence-electron chi connectivity index (χ1n) is 6.63. The third-order valence-corrected chi connectivity index (χ3v) is 5.73. The normalized spacial score (nSPS) is 33.4. The summed E-state index contributed by atoms with van der Waals surface area (Å²) in [6.07, 6.45) is 3.68. The fraction of sp³-hybridized carbons (Fsp3) is 0.917. The topological polar surface area (TPSA) is 83.9 Å². The summed E-state index contributed by atoms with van der Waals surface area (Å²) in [4.78, 5) is 13.0. The minimum atomic E-state index is -3.08. The Kier molecular flexibility index (Phi) is 4.47. The largest absolute Gasteiger partial charge is 0.481 e. The van der Waals surface area contributed by atoms with Crippen LogP contribution in [0.2, 0.25) is 0 Å². The molecule has 1 aliphatic heterocycles. The maximum Gasteiger partial charge on any atom is 0.305 e. The van der Waals surface area contributed by atoms with Gasteiger partial charge in [-0.05, 0) is 12.8 Å². The molecule has 3 atom stereocenters. The molecule has 1 aliphatic carbocycles. The van der Waals surface area contributed by atoms with Crippen LogP contribution in [0.4, 0.5) is 0 Å². The number of carboxylic acid groups (broad SMARTS) is 1. The second-order valence-corrected chi connectivity index (χ2v) is 7.70. The Morgan fingerprint density at radius 2 is 2.16 bits per heavy atom. The molecule has 0 aromatic carbocycles. The lowest BCUT2D eigenvalue weighted by Gasteiger charge is -2.40. The Morgan fingerprint density at radius 3 is 2.79 bits per heavy atom. The molecule has 0 aromatic heterocycles. The monoisotopic (exact) mass is 291 g/mol. The van der Waals surface area contributed by atoms with Crippen LogP contribution in [0.3, 0.4) is 0 Å². The number of ether oxygens (including phenoxy) is 1. The molecule has 110 valence electrons. The summed E-state index contributed by atoms with van der Waals surface area (Å²) in [5.74, 6) is -0.866. The van der Waals surface area contributed by atoms with Crippen LogP contribution < -0.4 is 0 Å². The van der Waals surface area contributed by atoms with Gasteiger partial charge in [0, 0.05) is 24.9 Å². The van der Waals surface area contributed by atoms with Crippen molar-refractivity contribution in [1.82, 2.24) is 4.90 Å². The molecule has 1 saturated carbocycles. The van der Waals surface area contributed by atoms with Crippen LogP contribution in [-0.2, 0) is 19.4 Å². The molecular formula is C12H21NO5S. The number of carbonyl (C=O) groups is 1. The van der Waals surface area contributed by atoms with E-state index in [-0.39, 0.29) is 23.8 Å². The van der Waals surface area contributed by atoms with Crippen LogP contribution in [-0.4, -0.2) is 67.7 Å². The van der Waals surface area contributed by atoms with Gasteiger partial charge in [0.1, 0.15) is 0 Å². The van der Waals surface area contributed by atoms with Crippen molar-refractivity contribution >= 4 is 15.8 Å². The first-order valence-corrected chi connectivity index (χ1v) is 8.59. The predicted molar refractivity (Wildman–Crippen MR) is 69.8 cm³/mol. The van der Waals surface area contributed by atoms with Gasteiger partial charge in [0.15, 0.2) is 9.84 Å². The molecule has 6 nitrogen and oxygen atoms in total. The number of hydrogen-bond acceptors (Lipinski definition) is 5. The third-order valence-electron chi connectivity index (χ3n) is 4.08. The molecule has 0 aromatic rings. The van der Waals surface area contributed by atoms with Gasteiger partial charge in [0.05, 0.1) is 24.9 Å². The van der Waals surface area contributed by atoms with Gasteiger partial charge in [0.25, 0.3) is 0 Å². The van der Waals surface area contributed by atoms with Gasteiger partial charge in [-0.2, -0.15) is 0 Å². The van der Waals surface area contributed by atoms with Crippen molar-refractivity contribution in [3.05, 3.63) is 0 Å². The Balaban J connectivity index is 2.15. The van der Waals surface area contributed by atoms with Crippen LogP contribution in [0.15, 0.2) is 0 Å². The van der Waals surface area contributed by atoms with Crippen molar-refractivity contribution in [1.29, 1.82) is 0 Å². The summed E-state index contributed by atoms with van der Waals surface area (Å²) >= 11 is 0. The van der Waals surface area contributed by atoms with E-state index in [0.717, 1.165) is 12.8 Å². The molecule has 1 saturated heterocycles. The zero-order chi connectivity index (χ0) is 14.0. The molecule has 0 radical (unpaired) electrons. The molecular weight excluding hydrogens is 270 g/mol. The molecule has 2 rings (SSSR count). The predicted octanol–water partition coefficient (Wildman–Crippen LogP) is 0.128. The van der Waals surface area contributed by atoms with Gasteiger partial charge in [-0.3, -0.25) is 9.69 Å². The summed E-state index contributed by atoms with van der Waals surface area (Å²) < 4.78 is 29.0. The molecule has 0 bridgehead atoms. The molecule has 7 heteroatoms. The lowest BCUT2D eigenvalue weighted by molar-refractivity contribution is -0.140. The van der Waals surface area contributed by atoms with Crippen LogP contribution in [0.25, 0.3) is 0 Å². The lowest BCUT2D eigenvalue weighted by Crippen LogP contribution is -2.54. The molecule has 3 unspecified atom stereocenters. The van der Waals surface area contributed by atoms with E-state index in [2.05, 4.69) is 4.90 Å². The van der Waals surface area contributed by atoms with Crippen molar-refractivity contribution in [2.75, 3.05) is 26.0 Å². The maximum atomic E-state index is 11.8. The van der Waals surface area contributed by atoms with E-state index < -0.39 is 15.8 Å². The number of hydrogen-bond donors (Lipinski definition) is 1. The third kappa shape index (κ3) is 3.46. The first kappa shape index (κ1) is 14.7. The number of carboxylic acids is 1. The van der Waals surface area contributed by atoms with Crippen molar-refractivity contribution < 1.29 is 23.1 Å². The van der Waals surface area contributed by atoms with Crippen LogP contribution in [0, 0.1) is 0 Å². The van der Waals surface area contributed by atoms with Gasteiger partial charge in [-0.25, -0.2) is 8.42 Å². The molecule has 2 fully saturated rings. The number of sulfone groups is 1. The summed E-state index contributed by atoms with van der Waals surface area (Å²) in [6, 6.07) is -0.262. The van der Waals surface area contributed by atoms with Gasteiger partial charge < -0.3 is 9.84 Å². The van der Waals surface area contributed by atoms with Gasteiger partial charge in [0.2, 0.25) is 0 Å². The number of aliphatic carboxylic acids is 1. The van der Waals surface area contributed by atoms with E-state index >= 15 is 0 Å². The van der Waals surface area contributed by atoms with Crippen molar-refractivity contribution in [3.8, 4) is 0 Å². The van der Waals surface area contributed by atoms with E-state index in [1.54, 1.807) is 0 Å². The highest BCUT2D eigenvalue weighted by Gasteiger charge is 2.42. The molecule has 1 heterocycles. The van der Waals surface area contributed by atoms with Gasteiger partial charge in [-0.1, -0.05) is 6.42 Å². The molecule has 1 N–H and O–H groups in total. The van der Waals surface area contributed by atoms with E-state index in [9.17, 15) is 13.2 Å². The number of nitrogens with zero attached hydrogens (tertiary/aromatic N) is 1. The molecule has 19 heavy (non-hydrogen) atoms. The van der Waals surface area contributed by atoms with E-state index in [0.29, 0.717) is 26.2 Å². The second-order valence-electron chi connectivity index (χ2n) is 5.43. The summed E-state index contributed by atoms with van der Waals surface area (Å²) in [6.45, 7) is 1.54. The molecule has 2 aliphatic rings. The van der Waals surface area contributed by atoms with Gasteiger partial charge in [-0.15, -0.1) is 0 Å². The first-order chi connectivity index (χ1) is 8.89. The van der Waals surface area contributed by atoms with E-state index in [1.165, 1.54) is 6.26 Å². The maximum absolute atomic E-state index is 11.8. The molecule has 0 spiro atoms. The van der Waals surface area contributed by atoms with Gasteiger partial charge >= 0.3 is 5.97 Å². The molecule has 0 amide bonds. The second kappa shape index (κ2) is 5.76. The summed E-state index contributed by atoms with van der Waals surface area (Å²) in [5, 5.41) is 8.59. The summed E-state index contributed by atoms with van der Waals surface area (Å²) in [5.41, 5.74) is 0. The average molecular weight is 291 g/mol. The number of rotatable bonds is 4. The SMILES string of the molecule is CS(=O)(=O)C1CCCC1N1CCOCC1CC(=O)O. The van der Waals surface area contributed by atoms with Crippen molar-refractivity contribution in [2.45, 2.75) is 43.0 Å². The van der Waals surface area contributed by atoms with Crippen LogP contribution >= 0.6 is 0 Å². The van der Waals surface area contributed by atoms with Crippen LogP contribution in [0.5, 0.6) is 0 Å². The fourth-order valence-corrected chi connectivity index (χ4v) is 4.73. The Morgan fingerprint density at radius 1 is 1.42 bits per heavy atom. The van der Waals surface area contributed by atoms with Crippen LogP contribution in [0.1, 0.15) is 25.7 Å². The fourth-order valence-electron chi connectivity index (χ4n) is 3.27. The Bertz CT molecular complexity index is 435. The van der Waals surface area contributed by atoms with E-state index in [4.69, 9.17) is 9.84 Å². The quantitative estimate of drug-likeness (QED) is 0.792. The standard InChI is InChI=1S/C12H21NO5S/c1-19(16,17)11-4-2-3-10(11)13-5-6-18-8-9(13)7-12(14)15/h9-11H,2-8H2,1H3,(H,14,15). The zero-order valence-corrected chi connectivity index (χ0v) is 11.9. The minimum Gasteiger partial charge on any atom is -0.481 e. The van der Waals surface area contributed by atoms with Crippen molar-refractivity contribution in [3.63, 3.8) is 0 Å². The number of morpholine rings is 1. The minimum absolute atomic E-state index is 0.00693. The summed E-state index contributed by atoms with van der Waals surface area (Å²) in [7, 11) is -3.08. The lowest BCUT2D eigenvalue weighted by atomic mass is 10.1.